The minimum Gasteiger partial charge on any atom is -0.481 e. The second-order valence-electron chi connectivity index (χ2n) is 8.14. The molecule has 1 aromatic carbocycles. The second-order valence-corrected chi connectivity index (χ2v) is 8.14. The Bertz CT molecular complexity index is 1180. The third-order valence-corrected chi connectivity index (χ3v) is 5.30. The lowest BCUT2D eigenvalue weighted by atomic mass is 10.0. The van der Waals surface area contributed by atoms with Crippen LogP contribution in [0.25, 0.3) is 10.9 Å². The van der Waals surface area contributed by atoms with E-state index < -0.39 is 79.2 Å². The van der Waals surface area contributed by atoms with Crippen LogP contribution in [0.1, 0.15) is 18.4 Å². The number of fused-ring (bicyclic) bond motifs is 1. The highest BCUT2D eigenvalue weighted by Crippen LogP contribution is 2.19. The average Bonchev–Trinajstić information content (AvgIpc) is 3.23. The molecule has 0 fully saturated rings. The van der Waals surface area contributed by atoms with Gasteiger partial charge in [-0.1, -0.05) is 18.2 Å². The number of carboxylic acids is 2. The summed E-state index contributed by atoms with van der Waals surface area (Å²) in [6.45, 7) is -0.952. The van der Waals surface area contributed by atoms with Gasteiger partial charge < -0.3 is 47.7 Å². The lowest BCUT2D eigenvalue weighted by molar-refractivity contribution is -0.144. The van der Waals surface area contributed by atoms with Crippen LogP contribution in [0.15, 0.2) is 30.5 Å². The van der Waals surface area contributed by atoms with E-state index >= 15 is 0 Å². The van der Waals surface area contributed by atoms with E-state index in [1.807, 2.05) is 5.32 Å². The van der Waals surface area contributed by atoms with Gasteiger partial charge in [0.1, 0.15) is 18.1 Å². The van der Waals surface area contributed by atoms with Gasteiger partial charge in [-0.15, -0.1) is 0 Å². The number of benzene rings is 1. The van der Waals surface area contributed by atoms with Crippen LogP contribution in [0.4, 0.5) is 0 Å². The van der Waals surface area contributed by atoms with E-state index in [0.717, 1.165) is 10.9 Å². The molecule has 0 spiro atoms. The summed E-state index contributed by atoms with van der Waals surface area (Å²) in [5.74, 6) is -6.91. The largest absolute Gasteiger partial charge is 0.481 e. The van der Waals surface area contributed by atoms with E-state index in [4.69, 9.17) is 21.7 Å². The molecule has 4 unspecified atom stereocenters. The molecular formula is C22H28N6O9. The van der Waals surface area contributed by atoms with E-state index in [0.29, 0.717) is 5.56 Å². The topological polar surface area (TPSA) is 267 Å². The van der Waals surface area contributed by atoms with E-state index in [-0.39, 0.29) is 6.42 Å². The predicted molar refractivity (Wildman–Crippen MR) is 127 cm³/mol. The monoisotopic (exact) mass is 520 g/mol. The van der Waals surface area contributed by atoms with E-state index in [9.17, 15) is 33.9 Å². The number of carbonyl (C=O) groups excluding carboxylic acids is 4. The average molecular weight is 520 g/mol. The van der Waals surface area contributed by atoms with Crippen molar-refractivity contribution in [1.29, 1.82) is 0 Å². The van der Waals surface area contributed by atoms with Crippen LogP contribution in [-0.2, 0) is 35.2 Å². The quantitative estimate of drug-likeness (QED) is 0.121. The Morgan fingerprint density at radius 3 is 2.05 bits per heavy atom. The molecule has 11 N–H and O–H groups in total. The Kier molecular flexibility index (Phi) is 10.1. The summed E-state index contributed by atoms with van der Waals surface area (Å²) in [4.78, 5) is 74.3. The molecule has 2 aromatic rings. The maximum atomic E-state index is 13.1. The van der Waals surface area contributed by atoms with Crippen LogP contribution in [0, 0.1) is 0 Å². The first-order valence-corrected chi connectivity index (χ1v) is 11.0. The van der Waals surface area contributed by atoms with Crippen LogP contribution in [-0.4, -0.2) is 86.6 Å². The molecule has 4 amide bonds. The number of amides is 4. The van der Waals surface area contributed by atoms with Gasteiger partial charge in [-0.25, -0.2) is 4.79 Å². The normalized spacial score (nSPS) is 14.1. The third kappa shape index (κ3) is 8.29. The number of aliphatic carboxylic acids is 2. The fraction of sp³-hybridized carbons (Fsp3) is 0.364. The number of aromatic nitrogens is 1. The smallest absolute Gasteiger partial charge is 0.326 e. The van der Waals surface area contributed by atoms with Crippen LogP contribution in [0.3, 0.4) is 0 Å². The number of nitrogens with one attached hydrogen (secondary N) is 4. The van der Waals surface area contributed by atoms with Crippen molar-refractivity contribution in [3.8, 4) is 0 Å². The number of rotatable bonds is 14. The Hall–Kier alpha value is -4.50. The summed E-state index contributed by atoms with van der Waals surface area (Å²) in [5.41, 5.74) is 11.9. The maximum absolute atomic E-state index is 13.1. The lowest BCUT2D eigenvalue weighted by Crippen LogP contribution is -2.58. The van der Waals surface area contributed by atoms with Crippen molar-refractivity contribution in [2.24, 2.45) is 11.5 Å². The van der Waals surface area contributed by atoms with Crippen molar-refractivity contribution in [2.75, 3.05) is 6.61 Å². The van der Waals surface area contributed by atoms with Crippen LogP contribution in [0.5, 0.6) is 0 Å². The van der Waals surface area contributed by atoms with Gasteiger partial charge in [0.25, 0.3) is 0 Å². The molecule has 0 bridgehead atoms. The van der Waals surface area contributed by atoms with Gasteiger partial charge in [0.15, 0.2) is 0 Å². The summed E-state index contributed by atoms with van der Waals surface area (Å²) in [6, 6.07) is 0.894. The van der Waals surface area contributed by atoms with Crippen molar-refractivity contribution < 1.29 is 44.1 Å². The molecule has 15 nitrogen and oxygen atoms in total. The summed E-state index contributed by atoms with van der Waals surface area (Å²) >= 11 is 0. The zero-order chi connectivity index (χ0) is 27.7. The molecule has 0 aliphatic rings. The van der Waals surface area contributed by atoms with Crippen molar-refractivity contribution in [2.45, 2.75) is 43.4 Å². The van der Waals surface area contributed by atoms with Crippen LogP contribution < -0.4 is 27.4 Å². The molecule has 4 atom stereocenters. The number of aliphatic hydroxyl groups excluding tert-OH is 1. The first-order chi connectivity index (χ1) is 17.4. The molecule has 15 heteroatoms. The van der Waals surface area contributed by atoms with E-state index in [2.05, 4.69) is 15.6 Å². The molecule has 1 aromatic heterocycles. The predicted octanol–water partition coefficient (Wildman–Crippen LogP) is -3.08. The highest BCUT2D eigenvalue weighted by Gasteiger charge is 2.31. The molecule has 1 heterocycles. The number of aliphatic hydroxyl groups is 1. The fourth-order valence-electron chi connectivity index (χ4n) is 3.43. The number of primary amides is 1. The van der Waals surface area contributed by atoms with Gasteiger partial charge in [-0.2, -0.15) is 0 Å². The minimum atomic E-state index is -1.70. The molecule has 200 valence electrons. The van der Waals surface area contributed by atoms with E-state index in [1.54, 1.807) is 30.5 Å². The molecule has 0 aliphatic heterocycles. The molecule has 2 rings (SSSR count). The molecule has 0 saturated heterocycles. The summed E-state index contributed by atoms with van der Waals surface area (Å²) in [6.07, 6.45) is 0.0611. The van der Waals surface area contributed by atoms with Gasteiger partial charge in [-0.3, -0.25) is 24.0 Å². The second kappa shape index (κ2) is 13.0. The lowest BCUT2D eigenvalue weighted by Gasteiger charge is -2.24. The third-order valence-electron chi connectivity index (χ3n) is 5.30. The number of hydrogen-bond donors (Lipinski definition) is 9. The van der Waals surface area contributed by atoms with Crippen molar-refractivity contribution in [1.82, 2.24) is 20.9 Å². The van der Waals surface area contributed by atoms with E-state index in [1.165, 1.54) is 0 Å². The highest BCUT2D eigenvalue weighted by atomic mass is 16.4. The molecule has 0 aliphatic carbocycles. The molecule has 0 saturated carbocycles. The van der Waals surface area contributed by atoms with Gasteiger partial charge in [-0.05, 0) is 11.6 Å². The molecular weight excluding hydrogens is 492 g/mol. The fourth-order valence-corrected chi connectivity index (χ4v) is 3.43. The molecule has 0 radical (unpaired) electrons. The van der Waals surface area contributed by atoms with Crippen molar-refractivity contribution in [3.05, 3.63) is 36.0 Å². The highest BCUT2D eigenvalue weighted by molar-refractivity contribution is 5.96. The maximum Gasteiger partial charge on any atom is 0.326 e. The number of nitrogens with two attached hydrogens (primary N) is 2. The first kappa shape index (κ1) is 28.7. The summed E-state index contributed by atoms with van der Waals surface area (Å²) in [5, 5.41) is 35.0. The molecule has 37 heavy (non-hydrogen) atoms. The number of para-hydroxylation sites is 1. The number of carbonyl (C=O) groups is 6. The van der Waals surface area contributed by atoms with Gasteiger partial charge >= 0.3 is 11.9 Å². The zero-order valence-corrected chi connectivity index (χ0v) is 19.5. The summed E-state index contributed by atoms with van der Waals surface area (Å²) in [7, 11) is 0. The number of aromatic amines is 1. The Morgan fingerprint density at radius 2 is 1.46 bits per heavy atom. The minimum absolute atomic E-state index is 0.111. The number of H-pyrrole nitrogens is 1. The SMILES string of the molecule is NC(=O)CC(NC(=O)C(CO)NC(=O)C(Cc1c[nH]c2ccccc12)NC(=O)C(N)CC(=O)O)C(=O)O. The number of hydrogen-bond acceptors (Lipinski definition) is 8. The Morgan fingerprint density at radius 1 is 0.865 bits per heavy atom. The first-order valence-electron chi connectivity index (χ1n) is 11.0. The Labute approximate surface area is 209 Å². The van der Waals surface area contributed by atoms with Crippen molar-refractivity contribution in [3.63, 3.8) is 0 Å². The van der Waals surface area contributed by atoms with Crippen LogP contribution in [0.2, 0.25) is 0 Å². The van der Waals surface area contributed by atoms with Gasteiger partial charge in [0.05, 0.1) is 25.5 Å². The number of carboxylic acid groups (broad SMARTS) is 2. The van der Waals surface area contributed by atoms with Gasteiger partial charge in [0, 0.05) is 23.5 Å². The summed E-state index contributed by atoms with van der Waals surface area (Å²) < 4.78 is 0. The zero-order valence-electron chi connectivity index (χ0n) is 19.5. The van der Waals surface area contributed by atoms with Crippen LogP contribution >= 0.6 is 0 Å². The van der Waals surface area contributed by atoms with Gasteiger partial charge in [0.2, 0.25) is 23.6 Å². The Balaban J connectivity index is 2.24. The van der Waals surface area contributed by atoms with Crippen molar-refractivity contribution >= 4 is 46.5 Å². The standard InChI is InChI=1S/C22H28N6O9/c23-12(6-18(31)32)19(33)26-14(5-10-8-25-13-4-2-1-3-11(10)13)20(34)28-16(9-29)21(35)27-15(22(36)37)7-17(24)30/h1-4,8,12,14-16,25,29H,5-7,9,23H2,(H2,24,30)(H,26,33)(H,27,35)(H,28,34)(H,31,32)(H,36,37).